The van der Waals surface area contributed by atoms with Gasteiger partial charge in [0.15, 0.2) is 0 Å². The van der Waals surface area contributed by atoms with Crippen molar-refractivity contribution < 1.29 is 26.3 Å². The van der Waals surface area contributed by atoms with E-state index in [4.69, 9.17) is 5.53 Å². The van der Waals surface area contributed by atoms with Crippen molar-refractivity contribution in [1.29, 1.82) is 0 Å². The van der Waals surface area contributed by atoms with Crippen LogP contribution < -0.4 is 0 Å². The average Bonchev–Trinajstić information content (AvgIpc) is 2.36. The summed E-state index contributed by atoms with van der Waals surface area (Å²) in [4.78, 5) is 2.39. The van der Waals surface area contributed by atoms with Gasteiger partial charge in [-0.2, -0.15) is 26.3 Å². The van der Waals surface area contributed by atoms with Crippen LogP contribution in [-0.2, 0) is 12.4 Å². The molecule has 0 unspecified atom stereocenters. The molecule has 0 heterocycles. The lowest BCUT2D eigenvalue weighted by molar-refractivity contribution is -0.143. The van der Waals surface area contributed by atoms with E-state index in [0.29, 0.717) is 18.2 Å². The number of benzene rings is 1. The van der Waals surface area contributed by atoms with Gasteiger partial charge >= 0.3 is 12.4 Å². The molecule has 1 aromatic rings. The highest BCUT2D eigenvalue weighted by Gasteiger charge is 2.40. The van der Waals surface area contributed by atoms with Crippen molar-refractivity contribution in [2.45, 2.75) is 18.8 Å². The predicted molar refractivity (Wildman–Crippen MR) is 62.0 cm³/mol. The van der Waals surface area contributed by atoms with Crippen LogP contribution in [0.25, 0.3) is 10.4 Å². The fraction of sp³-hybridized carbons (Fsp3) is 0.333. The van der Waals surface area contributed by atoms with Gasteiger partial charge in [0, 0.05) is 23.4 Å². The molecular weight excluding hydrogens is 300 g/mol. The lowest BCUT2D eigenvalue weighted by atomic mass is 10.00. The molecular formula is C12H7F6N3. The Balaban J connectivity index is 3.33. The highest BCUT2D eigenvalue weighted by molar-refractivity contribution is 5.50. The number of rotatable bonds is 2. The zero-order chi connectivity index (χ0) is 16.1. The lowest BCUT2D eigenvalue weighted by Gasteiger charge is -2.14. The van der Waals surface area contributed by atoms with Gasteiger partial charge in [0.25, 0.3) is 0 Å². The minimum atomic E-state index is -4.95. The Morgan fingerprint density at radius 3 is 2.00 bits per heavy atom. The van der Waals surface area contributed by atoms with E-state index in [1.165, 1.54) is 0 Å². The summed E-state index contributed by atoms with van der Waals surface area (Å²) in [6.45, 7) is -0.140. The molecule has 0 aromatic heterocycles. The van der Waals surface area contributed by atoms with E-state index in [1.807, 2.05) is 5.92 Å². The van der Waals surface area contributed by atoms with Crippen LogP contribution in [0.5, 0.6) is 0 Å². The van der Waals surface area contributed by atoms with Crippen molar-refractivity contribution in [3.63, 3.8) is 0 Å². The van der Waals surface area contributed by atoms with Crippen molar-refractivity contribution in [2.24, 2.45) is 5.11 Å². The highest BCUT2D eigenvalue weighted by Crippen LogP contribution is 2.38. The van der Waals surface area contributed by atoms with E-state index in [2.05, 4.69) is 15.9 Å². The molecule has 0 N–H and O–H groups in total. The molecule has 1 aromatic carbocycles. The van der Waals surface area contributed by atoms with Gasteiger partial charge in [-0.3, -0.25) is 0 Å². The summed E-state index contributed by atoms with van der Waals surface area (Å²) in [6, 6.07) is 1.75. The topological polar surface area (TPSA) is 48.8 Å². The lowest BCUT2D eigenvalue weighted by Crippen LogP contribution is -2.14. The minimum Gasteiger partial charge on any atom is -0.166 e. The highest BCUT2D eigenvalue weighted by atomic mass is 19.4. The number of alkyl halides is 6. The van der Waals surface area contributed by atoms with Crippen molar-refractivity contribution in [3.05, 3.63) is 45.3 Å². The maximum Gasteiger partial charge on any atom is 0.417 e. The number of halogens is 6. The quantitative estimate of drug-likeness (QED) is 0.189. The second kappa shape index (κ2) is 6.41. The minimum absolute atomic E-state index is 0.140. The molecule has 0 aliphatic rings. The van der Waals surface area contributed by atoms with Crippen LogP contribution in [0, 0.1) is 11.8 Å². The maximum absolute atomic E-state index is 12.7. The SMILES string of the molecule is [N-]=[N+]=NCCC#Cc1c(C(F)(F)F)cccc1C(F)(F)F. The Labute approximate surface area is 115 Å². The number of nitrogens with zero attached hydrogens (tertiary/aromatic N) is 3. The van der Waals surface area contributed by atoms with Crippen molar-refractivity contribution >= 4 is 0 Å². The standard InChI is InChI=1S/C12H7F6N3/c13-11(14,15)9-5-3-6-10(12(16,17)18)8(9)4-1-2-7-20-21-19/h3,5-6H,2,7H2. The normalized spacial score (nSPS) is 11.3. The molecule has 0 amide bonds. The third kappa shape index (κ3) is 4.61. The molecule has 21 heavy (non-hydrogen) atoms. The van der Waals surface area contributed by atoms with Crippen molar-refractivity contribution in [1.82, 2.24) is 0 Å². The van der Waals surface area contributed by atoms with Crippen LogP contribution in [0.3, 0.4) is 0 Å². The van der Waals surface area contributed by atoms with Gasteiger partial charge in [-0.25, -0.2) is 0 Å². The summed E-state index contributed by atoms with van der Waals surface area (Å²) in [6.07, 6.45) is -10.0. The van der Waals surface area contributed by atoms with E-state index in [0.717, 1.165) is 0 Å². The van der Waals surface area contributed by atoms with Crippen molar-refractivity contribution in [3.8, 4) is 11.8 Å². The fourth-order valence-corrected chi connectivity index (χ4v) is 1.46. The van der Waals surface area contributed by atoms with Gasteiger partial charge in [-0.15, -0.1) is 0 Å². The summed E-state index contributed by atoms with van der Waals surface area (Å²) in [5.41, 5.74) is 3.97. The van der Waals surface area contributed by atoms with Crippen LogP contribution in [-0.4, -0.2) is 6.54 Å². The first-order chi connectivity index (χ1) is 9.68. The zero-order valence-electron chi connectivity index (χ0n) is 10.3. The molecule has 112 valence electrons. The second-order valence-electron chi connectivity index (χ2n) is 3.73. The van der Waals surface area contributed by atoms with Crippen LogP contribution in [0.4, 0.5) is 26.3 Å². The van der Waals surface area contributed by atoms with E-state index in [-0.39, 0.29) is 13.0 Å². The Morgan fingerprint density at radius 1 is 1.05 bits per heavy atom. The summed E-state index contributed by atoms with van der Waals surface area (Å²) >= 11 is 0. The summed E-state index contributed by atoms with van der Waals surface area (Å²) in [5.74, 6) is 4.03. The number of hydrogen-bond acceptors (Lipinski definition) is 1. The molecule has 0 fully saturated rings. The number of hydrogen-bond donors (Lipinski definition) is 0. The van der Waals surface area contributed by atoms with Gasteiger partial charge in [-0.05, 0) is 17.7 Å². The molecule has 0 spiro atoms. The first kappa shape index (κ1) is 16.7. The summed E-state index contributed by atoms with van der Waals surface area (Å²) < 4.78 is 76.5. The molecule has 1 rings (SSSR count). The number of azide groups is 1. The first-order valence-electron chi connectivity index (χ1n) is 5.45. The Morgan fingerprint density at radius 2 is 1.57 bits per heavy atom. The van der Waals surface area contributed by atoms with Gasteiger partial charge < -0.3 is 0 Å². The molecule has 0 bridgehead atoms. The molecule has 0 radical (unpaired) electrons. The second-order valence-corrected chi connectivity index (χ2v) is 3.73. The van der Waals surface area contributed by atoms with E-state index in [9.17, 15) is 26.3 Å². The van der Waals surface area contributed by atoms with Gasteiger partial charge in [0.05, 0.1) is 11.1 Å². The Bertz CT molecular complexity index is 582. The summed E-state index contributed by atoms with van der Waals surface area (Å²) in [5, 5.41) is 3.08. The third-order valence-corrected chi connectivity index (χ3v) is 2.29. The third-order valence-electron chi connectivity index (χ3n) is 2.29. The van der Waals surface area contributed by atoms with Crippen LogP contribution in [0.15, 0.2) is 23.3 Å². The predicted octanol–water partition coefficient (Wildman–Crippen LogP) is 4.78. The van der Waals surface area contributed by atoms with Gasteiger partial charge in [0.2, 0.25) is 0 Å². The monoisotopic (exact) mass is 307 g/mol. The fourth-order valence-electron chi connectivity index (χ4n) is 1.46. The molecule has 0 aliphatic heterocycles. The first-order valence-corrected chi connectivity index (χ1v) is 5.45. The van der Waals surface area contributed by atoms with Gasteiger partial charge in [-0.1, -0.05) is 23.0 Å². The van der Waals surface area contributed by atoms with Crippen molar-refractivity contribution in [2.75, 3.05) is 6.54 Å². The molecule has 0 aliphatic carbocycles. The maximum atomic E-state index is 12.7. The molecule has 0 atom stereocenters. The molecule has 9 heteroatoms. The molecule has 0 saturated carbocycles. The van der Waals surface area contributed by atoms with E-state index >= 15 is 0 Å². The Kier molecular flexibility index (Phi) is 5.11. The van der Waals surface area contributed by atoms with Crippen LogP contribution in [0.1, 0.15) is 23.1 Å². The smallest absolute Gasteiger partial charge is 0.166 e. The molecule has 0 saturated heterocycles. The van der Waals surface area contributed by atoms with E-state index < -0.39 is 29.0 Å². The average molecular weight is 307 g/mol. The Hall–Kier alpha value is -2.33. The zero-order valence-corrected chi connectivity index (χ0v) is 10.3. The molecule has 3 nitrogen and oxygen atoms in total. The van der Waals surface area contributed by atoms with E-state index in [1.54, 1.807) is 0 Å². The largest absolute Gasteiger partial charge is 0.417 e. The van der Waals surface area contributed by atoms with Gasteiger partial charge in [0.1, 0.15) is 0 Å². The van der Waals surface area contributed by atoms with Crippen LogP contribution >= 0.6 is 0 Å². The van der Waals surface area contributed by atoms with Crippen LogP contribution in [0.2, 0.25) is 0 Å². The summed E-state index contributed by atoms with van der Waals surface area (Å²) in [7, 11) is 0.